The Balaban J connectivity index is 1.65. The summed E-state index contributed by atoms with van der Waals surface area (Å²) < 4.78 is 13.0. The Hall–Kier alpha value is -5.05. The first-order valence-corrected chi connectivity index (χ1v) is 13.0. The smallest absolute Gasteiger partial charge is 0.282 e. The van der Waals surface area contributed by atoms with E-state index in [1.807, 2.05) is 32.0 Å². The lowest BCUT2D eigenvalue weighted by molar-refractivity contribution is -0.384. The van der Waals surface area contributed by atoms with Crippen molar-refractivity contribution in [3.8, 4) is 28.5 Å². The third-order valence-electron chi connectivity index (χ3n) is 6.57. The molecular weight excluding hydrogens is 508 g/mol. The van der Waals surface area contributed by atoms with Crippen LogP contribution in [0, 0.1) is 17.0 Å². The number of nitro groups is 1. The minimum Gasteiger partial charge on any atom is -0.494 e. The second kappa shape index (κ2) is 11.0. The molecule has 2 aromatic heterocycles. The van der Waals surface area contributed by atoms with Crippen LogP contribution in [0.5, 0.6) is 5.75 Å². The Bertz CT molecular complexity index is 1820. The largest absolute Gasteiger partial charge is 0.494 e. The highest BCUT2D eigenvalue weighted by Gasteiger charge is 2.19. The predicted molar refractivity (Wildman–Crippen MR) is 155 cm³/mol. The molecule has 2 heterocycles. The summed E-state index contributed by atoms with van der Waals surface area (Å²) in [6, 6.07) is 20.7. The van der Waals surface area contributed by atoms with E-state index in [0.717, 1.165) is 22.4 Å². The Morgan fingerprint density at radius 2 is 1.82 bits per heavy atom. The number of para-hydroxylation sites is 2. The van der Waals surface area contributed by atoms with Gasteiger partial charge in [-0.05, 0) is 73.4 Å². The number of fused-ring (bicyclic) bond motifs is 1. The second-order valence-electron chi connectivity index (χ2n) is 9.58. The van der Waals surface area contributed by atoms with E-state index >= 15 is 0 Å². The molecule has 0 atom stereocenters. The Morgan fingerprint density at radius 1 is 1.07 bits per heavy atom. The number of nitro benzene ring substituents is 1. The fraction of sp³-hybridized carbons (Fsp3) is 0.194. The van der Waals surface area contributed by atoms with E-state index in [0.29, 0.717) is 40.4 Å². The molecule has 0 fully saturated rings. The number of ether oxygens (including phenoxy) is 1. The van der Waals surface area contributed by atoms with E-state index in [2.05, 4.69) is 18.9 Å². The molecule has 9 nitrogen and oxygen atoms in total. The van der Waals surface area contributed by atoms with Crippen molar-refractivity contribution >= 4 is 22.8 Å². The topological polar surface area (TPSA) is 113 Å². The summed E-state index contributed by atoms with van der Waals surface area (Å²) in [5, 5.41) is 16.4. The highest BCUT2D eigenvalue weighted by Crippen LogP contribution is 2.34. The molecule has 40 heavy (non-hydrogen) atoms. The van der Waals surface area contributed by atoms with Crippen LogP contribution >= 0.6 is 0 Å². The minimum absolute atomic E-state index is 0.0653. The first-order valence-electron chi connectivity index (χ1n) is 13.0. The summed E-state index contributed by atoms with van der Waals surface area (Å²) in [5.41, 5.74) is 3.16. The van der Waals surface area contributed by atoms with E-state index < -0.39 is 4.92 Å². The van der Waals surface area contributed by atoms with E-state index in [4.69, 9.17) is 14.1 Å². The number of rotatable bonds is 8. The molecule has 202 valence electrons. The van der Waals surface area contributed by atoms with Gasteiger partial charge < -0.3 is 9.15 Å². The standard InChI is InChI=1S/C31H28N4O5/c1-5-39-29-16-20(4)25(17-24(29)19(2)3)30-33-26-12-8-6-10-22(26)31(36)34(30)32-18-21-14-15-28(40-21)23-11-7-9-13-27(23)35(37)38/h6-19H,5H2,1-4H3. The maximum Gasteiger partial charge on any atom is 0.282 e. The van der Waals surface area contributed by atoms with Crippen molar-refractivity contribution in [2.75, 3.05) is 6.61 Å². The summed E-state index contributed by atoms with van der Waals surface area (Å²) in [7, 11) is 0. The van der Waals surface area contributed by atoms with Gasteiger partial charge in [-0.3, -0.25) is 14.9 Å². The van der Waals surface area contributed by atoms with Crippen molar-refractivity contribution in [1.29, 1.82) is 0 Å². The van der Waals surface area contributed by atoms with Crippen LogP contribution in [-0.2, 0) is 0 Å². The van der Waals surface area contributed by atoms with Gasteiger partial charge in [-0.2, -0.15) is 9.78 Å². The monoisotopic (exact) mass is 536 g/mol. The Morgan fingerprint density at radius 3 is 2.58 bits per heavy atom. The SMILES string of the molecule is CCOc1cc(C)c(-c2nc3ccccc3c(=O)n2N=Cc2ccc(-c3ccccc3[N+](=O)[O-])o2)cc1C(C)C. The summed E-state index contributed by atoms with van der Waals surface area (Å²) in [4.78, 5) is 29.5. The molecule has 0 unspecified atom stereocenters. The van der Waals surface area contributed by atoms with Crippen LogP contribution in [0.25, 0.3) is 33.6 Å². The lowest BCUT2D eigenvalue weighted by Gasteiger charge is -2.18. The molecule has 5 aromatic rings. The van der Waals surface area contributed by atoms with Crippen LogP contribution in [0.2, 0.25) is 0 Å². The van der Waals surface area contributed by atoms with Gasteiger partial charge in [0.2, 0.25) is 0 Å². The highest BCUT2D eigenvalue weighted by atomic mass is 16.6. The maximum atomic E-state index is 13.7. The molecule has 0 aliphatic heterocycles. The number of aromatic nitrogens is 2. The highest BCUT2D eigenvalue weighted by molar-refractivity contribution is 5.82. The lowest BCUT2D eigenvalue weighted by atomic mass is 9.96. The fourth-order valence-corrected chi connectivity index (χ4v) is 4.60. The van der Waals surface area contributed by atoms with Crippen molar-refractivity contribution in [3.63, 3.8) is 0 Å². The third kappa shape index (κ3) is 5.01. The summed E-state index contributed by atoms with van der Waals surface area (Å²) >= 11 is 0. The molecule has 5 rings (SSSR count). The van der Waals surface area contributed by atoms with Crippen LogP contribution in [-0.4, -0.2) is 27.4 Å². The number of nitrogens with zero attached hydrogens (tertiary/aromatic N) is 4. The second-order valence-corrected chi connectivity index (χ2v) is 9.58. The zero-order valence-corrected chi connectivity index (χ0v) is 22.6. The Kier molecular flexibility index (Phi) is 7.29. The van der Waals surface area contributed by atoms with Gasteiger partial charge in [-0.1, -0.05) is 38.1 Å². The van der Waals surface area contributed by atoms with Crippen LogP contribution in [0.4, 0.5) is 5.69 Å². The number of furan rings is 1. The van der Waals surface area contributed by atoms with Crippen molar-refractivity contribution in [2.24, 2.45) is 5.10 Å². The first kappa shape index (κ1) is 26.6. The predicted octanol–water partition coefficient (Wildman–Crippen LogP) is 6.94. The molecule has 0 saturated carbocycles. The van der Waals surface area contributed by atoms with Gasteiger partial charge in [-0.15, -0.1) is 0 Å². The van der Waals surface area contributed by atoms with Crippen molar-refractivity contribution in [1.82, 2.24) is 9.66 Å². The van der Waals surface area contributed by atoms with Gasteiger partial charge in [-0.25, -0.2) is 4.98 Å². The molecule has 0 radical (unpaired) electrons. The molecule has 0 aliphatic carbocycles. The van der Waals surface area contributed by atoms with Gasteiger partial charge in [0.05, 0.1) is 34.2 Å². The van der Waals surface area contributed by atoms with Crippen molar-refractivity contribution < 1.29 is 14.1 Å². The molecule has 0 saturated heterocycles. The average molecular weight is 537 g/mol. The van der Waals surface area contributed by atoms with Gasteiger partial charge in [0.1, 0.15) is 17.3 Å². The Labute approximate surface area is 230 Å². The quantitative estimate of drug-likeness (QED) is 0.121. The molecule has 9 heteroatoms. The first-order chi connectivity index (χ1) is 19.3. The average Bonchev–Trinajstić information content (AvgIpc) is 3.41. The third-order valence-corrected chi connectivity index (χ3v) is 6.57. The van der Waals surface area contributed by atoms with E-state index in [1.54, 1.807) is 48.5 Å². The van der Waals surface area contributed by atoms with E-state index in [1.165, 1.54) is 17.0 Å². The van der Waals surface area contributed by atoms with Gasteiger partial charge in [0, 0.05) is 11.6 Å². The van der Waals surface area contributed by atoms with E-state index in [-0.39, 0.29) is 17.2 Å². The molecular formula is C31H28N4O5. The van der Waals surface area contributed by atoms with E-state index in [9.17, 15) is 14.9 Å². The maximum absolute atomic E-state index is 13.7. The summed E-state index contributed by atoms with van der Waals surface area (Å²) in [5.74, 6) is 2.00. The summed E-state index contributed by atoms with van der Waals surface area (Å²) in [6.45, 7) is 8.60. The zero-order chi connectivity index (χ0) is 28.4. The number of aryl methyl sites for hydroxylation is 1. The number of hydrogen-bond acceptors (Lipinski definition) is 7. The van der Waals surface area contributed by atoms with Gasteiger partial charge in [0.25, 0.3) is 11.2 Å². The molecule has 0 bridgehead atoms. The number of benzene rings is 3. The van der Waals surface area contributed by atoms with Crippen molar-refractivity contribution in [2.45, 2.75) is 33.6 Å². The van der Waals surface area contributed by atoms with Crippen LogP contribution in [0.3, 0.4) is 0 Å². The normalized spacial score (nSPS) is 11.5. The molecule has 3 aromatic carbocycles. The van der Waals surface area contributed by atoms with Crippen LogP contribution in [0.15, 0.2) is 87.1 Å². The molecule has 0 spiro atoms. The zero-order valence-electron chi connectivity index (χ0n) is 22.6. The number of hydrogen-bond donors (Lipinski definition) is 0. The molecule has 0 N–H and O–H groups in total. The van der Waals surface area contributed by atoms with Gasteiger partial charge >= 0.3 is 0 Å². The fourth-order valence-electron chi connectivity index (χ4n) is 4.60. The summed E-state index contributed by atoms with van der Waals surface area (Å²) in [6.07, 6.45) is 1.41. The molecule has 0 amide bonds. The van der Waals surface area contributed by atoms with Crippen LogP contribution < -0.4 is 10.3 Å². The minimum atomic E-state index is -0.456. The molecule has 0 aliphatic rings. The van der Waals surface area contributed by atoms with Crippen LogP contribution in [0.1, 0.15) is 43.6 Å². The van der Waals surface area contributed by atoms with Gasteiger partial charge in [0.15, 0.2) is 5.82 Å². The lowest BCUT2D eigenvalue weighted by Crippen LogP contribution is -2.20. The van der Waals surface area contributed by atoms with Crippen molar-refractivity contribution in [3.05, 3.63) is 110 Å².